The third-order valence-electron chi connectivity index (χ3n) is 2.68. The SMILES string of the molecule is Cl.ClCC1CCCc2ccccc21. The molecule has 0 aromatic heterocycles. The van der Waals surface area contributed by atoms with Crippen molar-refractivity contribution in [3.8, 4) is 0 Å². The summed E-state index contributed by atoms with van der Waals surface area (Å²) >= 11 is 5.91. The van der Waals surface area contributed by atoms with Gasteiger partial charge in [0.25, 0.3) is 0 Å². The molecule has 0 fully saturated rings. The number of halogens is 2. The van der Waals surface area contributed by atoms with E-state index in [9.17, 15) is 0 Å². The molecule has 0 N–H and O–H groups in total. The van der Waals surface area contributed by atoms with Gasteiger partial charge in [-0.05, 0) is 36.3 Å². The molecule has 2 rings (SSSR count). The van der Waals surface area contributed by atoms with Crippen molar-refractivity contribution in [3.63, 3.8) is 0 Å². The predicted molar refractivity (Wildman–Crippen MR) is 60.1 cm³/mol. The second-order valence-corrected chi connectivity index (χ2v) is 3.75. The van der Waals surface area contributed by atoms with Crippen molar-refractivity contribution in [2.24, 2.45) is 0 Å². The maximum Gasteiger partial charge on any atom is 0.0292 e. The van der Waals surface area contributed by atoms with Crippen LogP contribution in [0.4, 0.5) is 0 Å². The first-order valence-electron chi connectivity index (χ1n) is 4.55. The molecule has 0 radical (unpaired) electrons. The van der Waals surface area contributed by atoms with Crippen molar-refractivity contribution in [3.05, 3.63) is 35.4 Å². The summed E-state index contributed by atoms with van der Waals surface area (Å²) < 4.78 is 0. The lowest BCUT2D eigenvalue weighted by Gasteiger charge is -2.23. The van der Waals surface area contributed by atoms with Crippen LogP contribution in [0.5, 0.6) is 0 Å². The molecule has 1 unspecified atom stereocenters. The van der Waals surface area contributed by atoms with Crippen molar-refractivity contribution in [2.75, 3.05) is 5.88 Å². The average Bonchev–Trinajstić information content (AvgIpc) is 2.17. The average molecular weight is 217 g/mol. The summed E-state index contributed by atoms with van der Waals surface area (Å²) in [5, 5.41) is 0. The van der Waals surface area contributed by atoms with Crippen LogP contribution in [0.1, 0.15) is 29.9 Å². The van der Waals surface area contributed by atoms with E-state index in [4.69, 9.17) is 11.6 Å². The first-order chi connectivity index (χ1) is 5.92. The first-order valence-corrected chi connectivity index (χ1v) is 5.09. The molecule has 1 atom stereocenters. The summed E-state index contributed by atoms with van der Waals surface area (Å²) in [4.78, 5) is 0. The van der Waals surface area contributed by atoms with Crippen LogP contribution in [0.3, 0.4) is 0 Å². The highest BCUT2D eigenvalue weighted by atomic mass is 35.5. The number of hydrogen-bond donors (Lipinski definition) is 0. The Kier molecular flexibility index (Phi) is 4.08. The fourth-order valence-electron chi connectivity index (χ4n) is 2.01. The molecule has 0 spiro atoms. The quantitative estimate of drug-likeness (QED) is 0.628. The van der Waals surface area contributed by atoms with Gasteiger partial charge in [0.15, 0.2) is 0 Å². The van der Waals surface area contributed by atoms with Gasteiger partial charge in [0, 0.05) is 5.88 Å². The molecule has 1 aliphatic carbocycles. The number of aryl methyl sites for hydroxylation is 1. The van der Waals surface area contributed by atoms with Gasteiger partial charge >= 0.3 is 0 Å². The largest absolute Gasteiger partial charge is 0.147 e. The predicted octanol–water partition coefficient (Wildman–Crippen LogP) is 3.77. The molecular weight excluding hydrogens is 203 g/mol. The van der Waals surface area contributed by atoms with Crippen LogP contribution in [0.15, 0.2) is 24.3 Å². The zero-order valence-electron chi connectivity index (χ0n) is 7.50. The van der Waals surface area contributed by atoms with E-state index in [0.717, 1.165) is 5.88 Å². The van der Waals surface area contributed by atoms with Gasteiger partial charge in [-0.3, -0.25) is 0 Å². The Morgan fingerprint density at radius 3 is 2.85 bits per heavy atom. The normalized spacial score (nSPS) is 20.2. The van der Waals surface area contributed by atoms with E-state index in [0.29, 0.717) is 5.92 Å². The minimum atomic E-state index is 0. The Morgan fingerprint density at radius 2 is 2.08 bits per heavy atom. The lowest BCUT2D eigenvalue weighted by atomic mass is 9.84. The maximum atomic E-state index is 5.91. The number of fused-ring (bicyclic) bond motifs is 1. The number of alkyl halides is 1. The molecule has 0 saturated carbocycles. The van der Waals surface area contributed by atoms with E-state index >= 15 is 0 Å². The summed E-state index contributed by atoms with van der Waals surface area (Å²) in [5.41, 5.74) is 2.99. The molecule has 0 amide bonds. The summed E-state index contributed by atoms with van der Waals surface area (Å²) in [5.74, 6) is 1.38. The Balaban J connectivity index is 0.000000845. The topological polar surface area (TPSA) is 0 Å². The van der Waals surface area contributed by atoms with E-state index in [1.54, 1.807) is 0 Å². The van der Waals surface area contributed by atoms with Gasteiger partial charge < -0.3 is 0 Å². The Morgan fingerprint density at radius 1 is 1.31 bits per heavy atom. The van der Waals surface area contributed by atoms with Gasteiger partial charge in [-0.1, -0.05) is 24.3 Å². The highest BCUT2D eigenvalue weighted by molar-refractivity contribution is 6.18. The minimum absolute atomic E-state index is 0. The number of benzene rings is 1. The summed E-state index contributed by atoms with van der Waals surface area (Å²) in [6.45, 7) is 0. The van der Waals surface area contributed by atoms with Crippen molar-refractivity contribution >= 4 is 24.0 Å². The molecule has 72 valence electrons. The van der Waals surface area contributed by atoms with Crippen LogP contribution in [0, 0.1) is 0 Å². The van der Waals surface area contributed by atoms with Crippen LogP contribution in [-0.2, 0) is 6.42 Å². The molecule has 1 aromatic rings. The molecule has 1 aliphatic rings. The monoisotopic (exact) mass is 216 g/mol. The van der Waals surface area contributed by atoms with E-state index in [2.05, 4.69) is 24.3 Å². The van der Waals surface area contributed by atoms with Crippen molar-refractivity contribution in [2.45, 2.75) is 25.2 Å². The molecular formula is C11H14Cl2. The van der Waals surface area contributed by atoms with Crippen LogP contribution >= 0.6 is 24.0 Å². The lowest BCUT2D eigenvalue weighted by molar-refractivity contribution is 0.594. The van der Waals surface area contributed by atoms with Gasteiger partial charge in [0.05, 0.1) is 0 Å². The van der Waals surface area contributed by atoms with Crippen LogP contribution in [0.25, 0.3) is 0 Å². The van der Waals surface area contributed by atoms with Crippen molar-refractivity contribution in [1.29, 1.82) is 0 Å². The molecule has 1 aromatic carbocycles. The van der Waals surface area contributed by atoms with E-state index in [1.807, 2.05) is 0 Å². The smallest absolute Gasteiger partial charge is 0.0292 e. The third kappa shape index (κ3) is 2.18. The standard InChI is InChI=1S/C11H13Cl.ClH/c12-8-10-6-3-5-9-4-1-2-7-11(9)10;/h1-2,4,7,10H,3,5-6,8H2;1H. The maximum absolute atomic E-state index is 5.91. The van der Waals surface area contributed by atoms with Crippen LogP contribution in [-0.4, -0.2) is 5.88 Å². The van der Waals surface area contributed by atoms with E-state index < -0.39 is 0 Å². The minimum Gasteiger partial charge on any atom is -0.147 e. The number of rotatable bonds is 1. The zero-order chi connectivity index (χ0) is 8.39. The molecule has 0 nitrogen and oxygen atoms in total. The highest BCUT2D eigenvalue weighted by Gasteiger charge is 2.17. The van der Waals surface area contributed by atoms with Crippen molar-refractivity contribution < 1.29 is 0 Å². The third-order valence-corrected chi connectivity index (χ3v) is 3.05. The highest BCUT2D eigenvalue weighted by Crippen LogP contribution is 2.31. The first kappa shape index (κ1) is 10.9. The molecule has 0 heterocycles. The van der Waals surface area contributed by atoms with E-state index in [-0.39, 0.29) is 12.4 Å². The second-order valence-electron chi connectivity index (χ2n) is 3.44. The summed E-state index contributed by atoms with van der Waals surface area (Å²) in [6.07, 6.45) is 3.80. The van der Waals surface area contributed by atoms with Crippen LogP contribution < -0.4 is 0 Å². The van der Waals surface area contributed by atoms with Gasteiger partial charge in [-0.15, -0.1) is 24.0 Å². The Labute approximate surface area is 90.7 Å². The summed E-state index contributed by atoms with van der Waals surface area (Å²) in [6, 6.07) is 8.69. The van der Waals surface area contributed by atoms with E-state index in [1.165, 1.54) is 30.4 Å². The second kappa shape index (κ2) is 4.88. The molecule has 13 heavy (non-hydrogen) atoms. The van der Waals surface area contributed by atoms with Gasteiger partial charge in [0.2, 0.25) is 0 Å². The van der Waals surface area contributed by atoms with Crippen molar-refractivity contribution in [1.82, 2.24) is 0 Å². The molecule has 0 saturated heterocycles. The Bertz CT molecular complexity index is 271. The van der Waals surface area contributed by atoms with Gasteiger partial charge in [-0.25, -0.2) is 0 Å². The lowest BCUT2D eigenvalue weighted by Crippen LogP contribution is -2.10. The fraction of sp³-hybridized carbons (Fsp3) is 0.455. The molecule has 0 bridgehead atoms. The summed E-state index contributed by atoms with van der Waals surface area (Å²) in [7, 11) is 0. The number of hydrogen-bond acceptors (Lipinski definition) is 0. The zero-order valence-corrected chi connectivity index (χ0v) is 9.07. The van der Waals surface area contributed by atoms with Gasteiger partial charge in [0.1, 0.15) is 0 Å². The van der Waals surface area contributed by atoms with Crippen LogP contribution in [0.2, 0.25) is 0 Å². The molecule has 0 aliphatic heterocycles. The molecule has 2 heteroatoms. The fourth-order valence-corrected chi connectivity index (χ4v) is 2.34. The Hall–Kier alpha value is -0.200. The van der Waals surface area contributed by atoms with Gasteiger partial charge in [-0.2, -0.15) is 0 Å².